The number of benzene rings is 2. The molecule has 2 aromatic carbocycles. The van der Waals surface area contributed by atoms with Crippen LogP contribution in [0.1, 0.15) is 48.2 Å². The van der Waals surface area contributed by atoms with Gasteiger partial charge in [0.25, 0.3) is 5.91 Å². The summed E-state index contributed by atoms with van der Waals surface area (Å²) in [6.07, 6.45) is 5.32. The van der Waals surface area contributed by atoms with E-state index < -0.39 is 0 Å². The SMILES string of the molecule is CC1(C)CN(CCN2CCC(Cc3c[nH]c4ccc(F)cc34)CC2)C(=O)c2ccccc21. The molecule has 1 fully saturated rings. The minimum Gasteiger partial charge on any atom is -0.361 e. The Bertz CT molecular complexity index is 1130. The number of halogens is 1. The molecule has 1 aromatic heterocycles. The molecule has 1 N–H and O–H groups in total. The topological polar surface area (TPSA) is 39.3 Å². The molecule has 4 nitrogen and oxygen atoms in total. The molecule has 0 atom stereocenters. The molecule has 5 heteroatoms. The van der Waals surface area contributed by atoms with Crippen molar-refractivity contribution in [2.75, 3.05) is 32.7 Å². The highest BCUT2D eigenvalue weighted by Crippen LogP contribution is 2.33. The third-order valence-corrected chi connectivity index (χ3v) is 7.39. The average molecular weight is 434 g/mol. The van der Waals surface area contributed by atoms with Gasteiger partial charge in [0, 0.05) is 47.7 Å². The molecule has 3 aromatic rings. The lowest BCUT2D eigenvalue weighted by atomic mass is 9.78. The third kappa shape index (κ3) is 4.06. The first-order valence-electron chi connectivity index (χ1n) is 11.8. The van der Waals surface area contributed by atoms with E-state index in [4.69, 9.17) is 0 Å². The number of carbonyl (C=O) groups excluding carboxylic acids is 1. The van der Waals surface area contributed by atoms with Crippen LogP contribution in [0.15, 0.2) is 48.7 Å². The van der Waals surface area contributed by atoms with E-state index in [2.05, 4.69) is 29.8 Å². The lowest BCUT2D eigenvalue weighted by molar-refractivity contribution is 0.0650. The molecule has 0 aliphatic carbocycles. The minimum absolute atomic E-state index is 0.0176. The Hall–Kier alpha value is -2.66. The van der Waals surface area contributed by atoms with Gasteiger partial charge in [-0.05, 0) is 73.7 Å². The summed E-state index contributed by atoms with van der Waals surface area (Å²) >= 11 is 0. The molecule has 0 radical (unpaired) electrons. The number of hydrogen-bond acceptors (Lipinski definition) is 2. The van der Waals surface area contributed by atoms with Crippen LogP contribution in [0.2, 0.25) is 0 Å². The van der Waals surface area contributed by atoms with Crippen molar-refractivity contribution in [1.29, 1.82) is 0 Å². The van der Waals surface area contributed by atoms with Gasteiger partial charge in [-0.15, -0.1) is 0 Å². The van der Waals surface area contributed by atoms with Crippen LogP contribution in [-0.4, -0.2) is 53.4 Å². The van der Waals surface area contributed by atoms with E-state index >= 15 is 0 Å². The van der Waals surface area contributed by atoms with E-state index in [-0.39, 0.29) is 17.1 Å². The Morgan fingerprint density at radius 2 is 1.88 bits per heavy atom. The summed E-state index contributed by atoms with van der Waals surface area (Å²) in [4.78, 5) is 20.8. The molecule has 0 bridgehead atoms. The van der Waals surface area contributed by atoms with Crippen LogP contribution in [0.25, 0.3) is 10.9 Å². The Morgan fingerprint density at radius 3 is 2.69 bits per heavy atom. The first-order chi connectivity index (χ1) is 15.4. The molecule has 0 spiro atoms. The van der Waals surface area contributed by atoms with Gasteiger partial charge in [-0.25, -0.2) is 4.39 Å². The van der Waals surface area contributed by atoms with Gasteiger partial charge in [-0.2, -0.15) is 0 Å². The number of H-pyrrole nitrogens is 1. The maximum absolute atomic E-state index is 13.7. The fourth-order valence-electron chi connectivity index (χ4n) is 5.55. The van der Waals surface area contributed by atoms with Gasteiger partial charge < -0.3 is 14.8 Å². The van der Waals surface area contributed by atoms with Crippen molar-refractivity contribution < 1.29 is 9.18 Å². The van der Waals surface area contributed by atoms with Crippen molar-refractivity contribution >= 4 is 16.8 Å². The van der Waals surface area contributed by atoms with Crippen LogP contribution in [0.5, 0.6) is 0 Å². The van der Waals surface area contributed by atoms with Crippen molar-refractivity contribution in [3.05, 3.63) is 71.2 Å². The van der Waals surface area contributed by atoms with Gasteiger partial charge in [-0.1, -0.05) is 32.0 Å². The monoisotopic (exact) mass is 433 g/mol. The van der Waals surface area contributed by atoms with Gasteiger partial charge >= 0.3 is 0 Å². The number of amides is 1. The van der Waals surface area contributed by atoms with E-state index in [1.54, 1.807) is 6.07 Å². The predicted octanol–water partition coefficient (Wildman–Crippen LogP) is 5.00. The van der Waals surface area contributed by atoms with Gasteiger partial charge in [0.1, 0.15) is 5.82 Å². The number of aromatic nitrogens is 1. The van der Waals surface area contributed by atoms with Crippen LogP contribution in [0.3, 0.4) is 0 Å². The largest absolute Gasteiger partial charge is 0.361 e. The van der Waals surface area contributed by atoms with Crippen LogP contribution in [0.4, 0.5) is 4.39 Å². The predicted molar refractivity (Wildman–Crippen MR) is 126 cm³/mol. The molecule has 0 saturated carbocycles. The maximum atomic E-state index is 13.7. The average Bonchev–Trinajstić information content (AvgIpc) is 3.18. The van der Waals surface area contributed by atoms with Gasteiger partial charge in [0.05, 0.1) is 0 Å². The van der Waals surface area contributed by atoms with Crippen molar-refractivity contribution in [1.82, 2.24) is 14.8 Å². The van der Waals surface area contributed by atoms with E-state index in [1.807, 2.05) is 35.4 Å². The smallest absolute Gasteiger partial charge is 0.254 e. The second-order valence-corrected chi connectivity index (χ2v) is 10.1. The van der Waals surface area contributed by atoms with Crippen molar-refractivity contribution in [3.8, 4) is 0 Å². The summed E-state index contributed by atoms with van der Waals surface area (Å²) < 4.78 is 13.7. The van der Waals surface area contributed by atoms with Crippen LogP contribution in [-0.2, 0) is 11.8 Å². The Kier molecular flexibility index (Phi) is 5.54. The number of aromatic amines is 1. The zero-order valence-electron chi connectivity index (χ0n) is 19.0. The lowest BCUT2D eigenvalue weighted by Gasteiger charge is -2.41. The van der Waals surface area contributed by atoms with Crippen molar-refractivity contribution in [2.24, 2.45) is 5.92 Å². The highest BCUT2D eigenvalue weighted by atomic mass is 19.1. The molecular weight excluding hydrogens is 401 g/mol. The molecule has 3 heterocycles. The Labute approximate surface area is 189 Å². The summed E-state index contributed by atoms with van der Waals surface area (Å²) in [5.41, 5.74) is 4.24. The van der Waals surface area contributed by atoms with E-state index in [0.29, 0.717) is 5.92 Å². The van der Waals surface area contributed by atoms with Crippen LogP contribution < -0.4 is 0 Å². The zero-order valence-corrected chi connectivity index (χ0v) is 19.0. The number of rotatable bonds is 5. The quantitative estimate of drug-likeness (QED) is 0.615. The fourth-order valence-corrected chi connectivity index (χ4v) is 5.55. The first kappa shape index (κ1) is 21.2. The van der Waals surface area contributed by atoms with E-state index in [0.717, 1.165) is 68.5 Å². The van der Waals surface area contributed by atoms with E-state index in [1.165, 1.54) is 17.2 Å². The number of nitrogens with zero attached hydrogens (tertiary/aromatic N) is 2. The maximum Gasteiger partial charge on any atom is 0.254 e. The molecule has 1 saturated heterocycles. The summed E-state index contributed by atoms with van der Waals surface area (Å²) in [5.74, 6) is 0.614. The number of carbonyl (C=O) groups is 1. The summed E-state index contributed by atoms with van der Waals surface area (Å²) in [5, 5.41) is 1.01. The van der Waals surface area contributed by atoms with Crippen molar-refractivity contribution in [2.45, 2.75) is 38.5 Å². The van der Waals surface area contributed by atoms with Crippen LogP contribution in [0, 0.1) is 11.7 Å². The Morgan fingerprint density at radius 1 is 1.09 bits per heavy atom. The molecule has 5 rings (SSSR count). The first-order valence-corrected chi connectivity index (χ1v) is 11.8. The van der Waals surface area contributed by atoms with Gasteiger partial charge in [-0.3, -0.25) is 4.79 Å². The molecule has 1 amide bonds. The molecular formula is C27H32FN3O. The molecule has 168 valence electrons. The number of fused-ring (bicyclic) bond motifs is 2. The summed E-state index contributed by atoms with van der Waals surface area (Å²) in [6, 6.07) is 13.0. The summed E-state index contributed by atoms with van der Waals surface area (Å²) in [6.45, 7) is 9.06. The molecule has 2 aliphatic heterocycles. The number of likely N-dealkylation sites (tertiary alicyclic amines) is 1. The molecule has 32 heavy (non-hydrogen) atoms. The second-order valence-electron chi connectivity index (χ2n) is 10.1. The minimum atomic E-state index is -0.175. The second kappa shape index (κ2) is 8.36. The summed E-state index contributed by atoms with van der Waals surface area (Å²) in [7, 11) is 0. The van der Waals surface area contributed by atoms with Crippen molar-refractivity contribution in [3.63, 3.8) is 0 Å². The Balaban J connectivity index is 1.16. The van der Waals surface area contributed by atoms with Crippen LogP contribution >= 0.6 is 0 Å². The standard InChI is InChI=1S/C27H32FN3O/c1-27(2)18-31(26(32)22-5-3-4-6-24(22)27)14-13-30-11-9-19(10-12-30)15-20-17-29-25-8-7-21(28)16-23(20)25/h3-8,16-17,19,29H,9-15,18H2,1-2H3. The number of nitrogens with one attached hydrogen (secondary N) is 1. The number of piperidine rings is 1. The van der Waals surface area contributed by atoms with Gasteiger partial charge in [0.2, 0.25) is 0 Å². The normalized spacial score (nSPS) is 19.5. The zero-order chi connectivity index (χ0) is 22.3. The highest BCUT2D eigenvalue weighted by Gasteiger charge is 2.36. The lowest BCUT2D eigenvalue weighted by Crippen LogP contribution is -2.49. The highest BCUT2D eigenvalue weighted by molar-refractivity contribution is 5.97. The third-order valence-electron chi connectivity index (χ3n) is 7.39. The number of hydrogen-bond donors (Lipinski definition) is 1. The molecule has 2 aliphatic rings. The van der Waals surface area contributed by atoms with Gasteiger partial charge in [0.15, 0.2) is 0 Å². The fraction of sp³-hybridized carbons (Fsp3) is 0.444. The molecule has 0 unspecified atom stereocenters. The van der Waals surface area contributed by atoms with E-state index in [9.17, 15) is 9.18 Å².